The zero-order valence-electron chi connectivity index (χ0n) is 11.5. The average Bonchev–Trinajstić information content (AvgIpc) is 2.47. The van der Waals surface area contributed by atoms with Crippen molar-refractivity contribution in [1.29, 1.82) is 0 Å². The first-order valence-corrected chi connectivity index (χ1v) is 6.77. The smallest absolute Gasteiger partial charge is 0.387 e. The normalized spacial score (nSPS) is 17.7. The van der Waals surface area contributed by atoms with Crippen molar-refractivity contribution in [3.8, 4) is 5.75 Å². The van der Waals surface area contributed by atoms with Crippen LogP contribution in [0.5, 0.6) is 5.75 Å². The van der Waals surface area contributed by atoms with Crippen LogP contribution >= 0.6 is 24.0 Å². The van der Waals surface area contributed by atoms with E-state index in [2.05, 4.69) is 15.4 Å². The molecule has 0 radical (unpaired) electrons. The van der Waals surface area contributed by atoms with Gasteiger partial charge in [0.2, 0.25) is 0 Å². The van der Waals surface area contributed by atoms with Gasteiger partial charge >= 0.3 is 6.61 Å². The van der Waals surface area contributed by atoms with Crippen molar-refractivity contribution >= 4 is 29.9 Å². The van der Waals surface area contributed by atoms with Crippen molar-refractivity contribution in [2.75, 3.05) is 19.7 Å². The van der Waals surface area contributed by atoms with Crippen molar-refractivity contribution in [2.45, 2.75) is 19.3 Å². The van der Waals surface area contributed by atoms with Crippen molar-refractivity contribution in [3.63, 3.8) is 0 Å². The second kappa shape index (κ2) is 9.09. The number of alkyl halides is 2. The molecule has 0 bridgehead atoms. The number of benzene rings is 1. The molecule has 1 aromatic carbocycles. The summed E-state index contributed by atoms with van der Waals surface area (Å²) in [6.07, 6.45) is -0.586. The molecule has 0 aliphatic carbocycles. The van der Waals surface area contributed by atoms with E-state index >= 15 is 0 Å². The molecular formula is C13H16Cl2F2N2O3. The lowest BCUT2D eigenvalue weighted by atomic mass is 10.2. The fraction of sp³-hybridized carbons (Fsp3) is 0.462. The van der Waals surface area contributed by atoms with E-state index in [-0.39, 0.29) is 30.6 Å². The number of hydrogen-bond donors (Lipinski definition) is 2. The Morgan fingerprint density at radius 1 is 1.55 bits per heavy atom. The molecular weight excluding hydrogens is 341 g/mol. The molecule has 1 fully saturated rings. The van der Waals surface area contributed by atoms with Crippen LogP contribution in [-0.4, -0.2) is 38.3 Å². The van der Waals surface area contributed by atoms with E-state index in [1.807, 2.05) is 0 Å². The van der Waals surface area contributed by atoms with Crippen LogP contribution in [0.15, 0.2) is 18.2 Å². The summed E-state index contributed by atoms with van der Waals surface area (Å²) in [5.41, 5.74) is 0.375. The van der Waals surface area contributed by atoms with Crippen LogP contribution in [0.1, 0.15) is 5.56 Å². The summed E-state index contributed by atoms with van der Waals surface area (Å²) in [6.45, 7) is -1.34. The van der Waals surface area contributed by atoms with Crippen LogP contribution in [0, 0.1) is 0 Å². The highest BCUT2D eigenvalue weighted by Crippen LogP contribution is 2.24. The van der Waals surface area contributed by atoms with Crippen molar-refractivity contribution in [2.24, 2.45) is 0 Å². The third kappa shape index (κ3) is 5.57. The number of carbonyl (C=O) groups excluding carboxylic acids is 1. The molecule has 1 amide bonds. The Balaban J connectivity index is 0.00000242. The summed E-state index contributed by atoms with van der Waals surface area (Å²) in [6, 6.07) is 4.26. The van der Waals surface area contributed by atoms with Gasteiger partial charge in [0.15, 0.2) is 0 Å². The Kier molecular flexibility index (Phi) is 7.81. The van der Waals surface area contributed by atoms with Crippen molar-refractivity contribution < 1.29 is 23.0 Å². The maximum atomic E-state index is 12.3. The van der Waals surface area contributed by atoms with Gasteiger partial charge in [-0.15, -0.1) is 12.4 Å². The van der Waals surface area contributed by atoms with E-state index in [0.29, 0.717) is 30.3 Å². The zero-order chi connectivity index (χ0) is 15.2. The van der Waals surface area contributed by atoms with E-state index in [1.54, 1.807) is 0 Å². The summed E-state index contributed by atoms with van der Waals surface area (Å²) in [5, 5.41) is 6.02. The van der Waals surface area contributed by atoms with Gasteiger partial charge in [-0.3, -0.25) is 4.79 Å². The Labute approximate surface area is 137 Å². The van der Waals surface area contributed by atoms with Gasteiger partial charge < -0.3 is 20.1 Å². The molecule has 1 heterocycles. The van der Waals surface area contributed by atoms with Crippen molar-refractivity contribution in [3.05, 3.63) is 28.8 Å². The topological polar surface area (TPSA) is 59.6 Å². The number of rotatable bonds is 5. The van der Waals surface area contributed by atoms with Gasteiger partial charge in [0.25, 0.3) is 5.91 Å². The third-order valence-corrected chi connectivity index (χ3v) is 3.15. The van der Waals surface area contributed by atoms with Gasteiger partial charge in [-0.05, 0) is 18.2 Å². The first kappa shape index (κ1) is 18.9. The number of halogens is 4. The second-order valence-electron chi connectivity index (χ2n) is 4.41. The van der Waals surface area contributed by atoms with Gasteiger partial charge in [0.1, 0.15) is 11.9 Å². The average molecular weight is 357 g/mol. The van der Waals surface area contributed by atoms with E-state index in [1.165, 1.54) is 18.2 Å². The molecule has 0 spiro atoms. The Morgan fingerprint density at radius 3 is 2.95 bits per heavy atom. The number of nitrogens with one attached hydrogen (secondary N) is 2. The van der Waals surface area contributed by atoms with Gasteiger partial charge in [0, 0.05) is 30.2 Å². The molecule has 1 aromatic rings. The molecule has 0 saturated carbocycles. The van der Waals surface area contributed by atoms with Crippen LogP contribution < -0.4 is 15.4 Å². The summed E-state index contributed by atoms with van der Waals surface area (Å²) < 4.78 is 34.3. The maximum absolute atomic E-state index is 12.3. The van der Waals surface area contributed by atoms with Crippen LogP contribution in [-0.2, 0) is 16.1 Å². The molecule has 1 aliphatic rings. The summed E-state index contributed by atoms with van der Waals surface area (Å²) in [5.74, 6) is -0.331. The minimum Gasteiger partial charge on any atom is -0.434 e. The summed E-state index contributed by atoms with van der Waals surface area (Å²) in [7, 11) is 0. The van der Waals surface area contributed by atoms with E-state index in [0.717, 1.165) is 0 Å². The predicted molar refractivity (Wildman–Crippen MR) is 79.8 cm³/mol. The zero-order valence-corrected chi connectivity index (χ0v) is 13.1. The van der Waals surface area contributed by atoms with E-state index in [9.17, 15) is 13.6 Å². The minimum atomic E-state index is -2.94. The van der Waals surface area contributed by atoms with Crippen LogP contribution in [0.25, 0.3) is 0 Å². The van der Waals surface area contributed by atoms with Crippen LogP contribution in [0.2, 0.25) is 5.02 Å². The molecule has 1 unspecified atom stereocenters. The monoisotopic (exact) mass is 356 g/mol. The second-order valence-corrected chi connectivity index (χ2v) is 4.85. The van der Waals surface area contributed by atoms with E-state index in [4.69, 9.17) is 16.3 Å². The molecule has 1 saturated heterocycles. The van der Waals surface area contributed by atoms with Gasteiger partial charge in [0.05, 0.1) is 6.61 Å². The Bertz CT molecular complexity index is 500. The van der Waals surface area contributed by atoms with Gasteiger partial charge in [-0.25, -0.2) is 0 Å². The first-order valence-electron chi connectivity index (χ1n) is 6.39. The number of carbonyl (C=O) groups is 1. The van der Waals surface area contributed by atoms with E-state index < -0.39 is 12.7 Å². The maximum Gasteiger partial charge on any atom is 0.387 e. The Morgan fingerprint density at radius 2 is 2.32 bits per heavy atom. The molecule has 0 aromatic heterocycles. The molecule has 5 nitrogen and oxygen atoms in total. The highest BCUT2D eigenvalue weighted by Gasteiger charge is 2.21. The summed E-state index contributed by atoms with van der Waals surface area (Å²) in [4.78, 5) is 11.9. The molecule has 124 valence electrons. The third-order valence-electron chi connectivity index (χ3n) is 2.91. The van der Waals surface area contributed by atoms with Crippen molar-refractivity contribution in [1.82, 2.24) is 10.6 Å². The fourth-order valence-electron chi connectivity index (χ4n) is 1.93. The minimum absolute atomic E-state index is 0. The molecule has 9 heteroatoms. The molecule has 2 N–H and O–H groups in total. The number of morpholine rings is 1. The lowest BCUT2D eigenvalue weighted by molar-refractivity contribution is -0.134. The number of amides is 1. The predicted octanol–water partition coefficient (Wildman–Crippen LogP) is 1.97. The fourth-order valence-corrected chi connectivity index (χ4v) is 2.12. The highest BCUT2D eigenvalue weighted by molar-refractivity contribution is 6.30. The standard InChI is InChI=1S/C13H15ClF2N2O3.ClH/c14-9-1-2-10(21-13(15)16)8(5-9)6-18-12(19)11-7-17-3-4-20-11;/h1-2,5,11,13,17H,3-4,6-7H2,(H,18,19);1H. The van der Waals surface area contributed by atoms with Crippen LogP contribution in [0.4, 0.5) is 8.78 Å². The lowest BCUT2D eigenvalue weighted by Gasteiger charge is -2.23. The molecule has 22 heavy (non-hydrogen) atoms. The first-order chi connectivity index (χ1) is 10.1. The van der Waals surface area contributed by atoms with Gasteiger partial charge in [-0.1, -0.05) is 11.6 Å². The quantitative estimate of drug-likeness (QED) is 0.846. The SMILES string of the molecule is Cl.O=C(NCc1cc(Cl)ccc1OC(F)F)C1CNCCO1. The molecule has 1 atom stereocenters. The molecule has 1 aliphatic heterocycles. The largest absolute Gasteiger partial charge is 0.434 e. The Hall–Kier alpha value is -1.15. The van der Waals surface area contributed by atoms with Gasteiger partial charge in [-0.2, -0.15) is 8.78 Å². The number of hydrogen-bond acceptors (Lipinski definition) is 4. The lowest BCUT2D eigenvalue weighted by Crippen LogP contribution is -2.47. The van der Waals surface area contributed by atoms with Crippen LogP contribution in [0.3, 0.4) is 0 Å². The molecule has 2 rings (SSSR count). The number of ether oxygens (including phenoxy) is 2. The highest BCUT2D eigenvalue weighted by atomic mass is 35.5. The summed E-state index contributed by atoms with van der Waals surface area (Å²) >= 11 is 5.83.